The first-order chi connectivity index (χ1) is 10.2. The minimum absolute atomic E-state index is 0.413. The van der Waals surface area contributed by atoms with Gasteiger partial charge in [-0.1, -0.05) is 12.8 Å². The van der Waals surface area contributed by atoms with Gasteiger partial charge in [-0.15, -0.1) is 11.3 Å². The lowest BCUT2D eigenvalue weighted by Crippen LogP contribution is -2.35. The Kier molecular flexibility index (Phi) is 3.25. The molecule has 1 saturated heterocycles. The molecule has 2 fully saturated rings. The molecular weight excluding hydrogens is 280 g/mol. The molecule has 1 atom stereocenters. The van der Waals surface area contributed by atoms with E-state index in [9.17, 15) is 0 Å². The number of hydrogen-bond donors (Lipinski definition) is 1. The Morgan fingerprint density at radius 3 is 2.81 bits per heavy atom. The fourth-order valence-corrected chi connectivity index (χ4v) is 5.03. The van der Waals surface area contributed by atoms with Gasteiger partial charge in [0.2, 0.25) is 5.95 Å². The van der Waals surface area contributed by atoms with Crippen molar-refractivity contribution in [3.05, 3.63) is 10.9 Å². The third-order valence-electron chi connectivity index (χ3n) is 5.03. The summed E-state index contributed by atoms with van der Waals surface area (Å²) in [6, 6.07) is 2.88. The molecule has 0 aromatic carbocycles. The second-order valence-corrected chi connectivity index (χ2v) is 7.66. The van der Waals surface area contributed by atoms with Crippen LogP contribution < -0.4 is 10.6 Å². The molecule has 21 heavy (non-hydrogen) atoms. The number of aromatic nitrogens is 2. The van der Waals surface area contributed by atoms with E-state index >= 15 is 0 Å². The molecule has 2 N–H and O–H groups in total. The molecule has 5 heteroatoms. The second-order valence-electron chi connectivity index (χ2n) is 6.43. The van der Waals surface area contributed by atoms with Gasteiger partial charge in [0.15, 0.2) is 0 Å². The van der Waals surface area contributed by atoms with Crippen LogP contribution in [-0.2, 0) is 0 Å². The Hall–Kier alpha value is -1.36. The van der Waals surface area contributed by atoms with Gasteiger partial charge >= 0.3 is 0 Å². The van der Waals surface area contributed by atoms with Crippen LogP contribution in [0.25, 0.3) is 10.2 Å². The van der Waals surface area contributed by atoms with Gasteiger partial charge in [0.05, 0.1) is 5.39 Å². The van der Waals surface area contributed by atoms with Crippen LogP contribution in [0.5, 0.6) is 0 Å². The summed E-state index contributed by atoms with van der Waals surface area (Å²) in [5, 5.41) is 1.19. The van der Waals surface area contributed by atoms with Crippen LogP contribution in [0.15, 0.2) is 6.07 Å². The zero-order chi connectivity index (χ0) is 14.4. The Morgan fingerprint density at radius 2 is 2.00 bits per heavy atom. The highest BCUT2D eigenvalue weighted by molar-refractivity contribution is 7.18. The lowest BCUT2D eigenvalue weighted by molar-refractivity contribution is 0.430. The maximum atomic E-state index is 5.96. The van der Waals surface area contributed by atoms with Crippen LogP contribution in [0.2, 0.25) is 0 Å². The van der Waals surface area contributed by atoms with Crippen LogP contribution in [0.4, 0.5) is 11.8 Å². The zero-order valence-corrected chi connectivity index (χ0v) is 13.3. The highest BCUT2D eigenvalue weighted by Crippen LogP contribution is 2.40. The van der Waals surface area contributed by atoms with Gasteiger partial charge < -0.3 is 10.6 Å². The van der Waals surface area contributed by atoms with Crippen LogP contribution in [-0.4, -0.2) is 22.6 Å². The Bertz CT molecular complexity index is 660. The molecule has 1 aliphatic carbocycles. The molecule has 0 spiro atoms. The van der Waals surface area contributed by atoms with Crippen molar-refractivity contribution in [3.8, 4) is 0 Å². The maximum Gasteiger partial charge on any atom is 0.223 e. The quantitative estimate of drug-likeness (QED) is 0.918. The molecule has 3 heterocycles. The van der Waals surface area contributed by atoms with Crippen molar-refractivity contribution in [3.63, 3.8) is 0 Å². The van der Waals surface area contributed by atoms with Crippen LogP contribution in [0.1, 0.15) is 43.4 Å². The standard InChI is InChI=1S/C16H22N4S/c1-10-9-12-14(18-16(17)19-15(12)21-10)20-8-4-7-13(20)11-5-2-3-6-11/h9,11,13H,2-8H2,1H3,(H2,17,18,19). The molecule has 4 nitrogen and oxygen atoms in total. The van der Waals surface area contributed by atoms with Gasteiger partial charge in [0.1, 0.15) is 10.6 Å². The van der Waals surface area contributed by atoms with Crippen molar-refractivity contribution in [2.75, 3.05) is 17.2 Å². The molecule has 1 aliphatic heterocycles. The molecule has 112 valence electrons. The summed E-state index contributed by atoms with van der Waals surface area (Å²) in [5.41, 5.74) is 5.96. The molecule has 1 saturated carbocycles. The fraction of sp³-hybridized carbons (Fsp3) is 0.625. The molecule has 2 aromatic rings. The summed E-state index contributed by atoms with van der Waals surface area (Å²) in [4.78, 5) is 13.9. The maximum absolute atomic E-state index is 5.96. The molecular formula is C16H22N4S. The van der Waals surface area contributed by atoms with E-state index in [1.807, 2.05) is 0 Å². The first-order valence-electron chi connectivity index (χ1n) is 8.02. The second kappa shape index (κ2) is 5.13. The van der Waals surface area contributed by atoms with E-state index in [1.165, 1.54) is 48.8 Å². The predicted octanol–water partition coefficient (Wildman–Crippen LogP) is 3.74. The molecule has 0 bridgehead atoms. The average Bonchev–Trinajstić information content (AvgIpc) is 3.16. The van der Waals surface area contributed by atoms with Crippen molar-refractivity contribution >= 4 is 33.3 Å². The predicted molar refractivity (Wildman–Crippen MR) is 88.9 cm³/mol. The van der Waals surface area contributed by atoms with Crippen LogP contribution >= 0.6 is 11.3 Å². The highest BCUT2D eigenvalue weighted by Gasteiger charge is 2.35. The van der Waals surface area contributed by atoms with Gasteiger partial charge in [-0.25, -0.2) is 4.98 Å². The largest absolute Gasteiger partial charge is 0.368 e. The van der Waals surface area contributed by atoms with Gasteiger partial charge in [-0.05, 0) is 44.6 Å². The summed E-state index contributed by atoms with van der Waals surface area (Å²) in [7, 11) is 0. The van der Waals surface area contributed by atoms with Crippen molar-refractivity contribution < 1.29 is 0 Å². The number of rotatable bonds is 2. The van der Waals surface area contributed by atoms with E-state index in [1.54, 1.807) is 11.3 Å². The normalized spacial score (nSPS) is 23.5. The summed E-state index contributed by atoms with van der Waals surface area (Å²) in [6.45, 7) is 3.24. The number of anilines is 2. The summed E-state index contributed by atoms with van der Waals surface area (Å²) < 4.78 is 0. The third kappa shape index (κ3) is 2.27. The summed E-state index contributed by atoms with van der Waals surface area (Å²) in [5.74, 6) is 2.34. The minimum Gasteiger partial charge on any atom is -0.368 e. The highest BCUT2D eigenvalue weighted by atomic mass is 32.1. The number of hydrogen-bond acceptors (Lipinski definition) is 5. The zero-order valence-electron chi connectivity index (χ0n) is 12.5. The molecule has 2 aliphatic rings. The van der Waals surface area contributed by atoms with Gasteiger partial charge in [-0.2, -0.15) is 4.98 Å². The first-order valence-corrected chi connectivity index (χ1v) is 8.84. The molecule has 0 radical (unpaired) electrons. The van der Waals surface area contributed by atoms with Crippen molar-refractivity contribution in [2.45, 2.75) is 51.5 Å². The number of fused-ring (bicyclic) bond motifs is 1. The number of nitrogens with two attached hydrogens (primary N) is 1. The van der Waals surface area contributed by atoms with Crippen molar-refractivity contribution in [1.29, 1.82) is 0 Å². The lowest BCUT2D eigenvalue weighted by Gasteiger charge is -2.30. The van der Waals surface area contributed by atoms with Crippen LogP contribution in [0.3, 0.4) is 0 Å². The van der Waals surface area contributed by atoms with E-state index in [2.05, 4.69) is 27.9 Å². The number of aryl methyl sites for hydroxylation is 1. The number of nitrogen functional groups attached to an aromatic ring is 1. The van der Waals surface area contributed by atoms with E-state index in [0.717, 1.165) is 23.1 Å². The first kappa shape index (κ1) is 13.3. The smallest absolute Gasteiger partial charge is 0.223 e. The van der Waals surface area contributed by atoms with E-state index < -0.39 is 0 Å². The molecule has 4 rings (SSSR count). The van der Waals surface area contributed by atoms with E-state index in [0.29, 0.717) is 12.0 Å². The van der Waals surface area contributed by atoms with Crippen LogP contribution in [0, 0.1) is 12.8 Å². The Morgan fingerprint density at radius 1 is 1.19 bits per heavy atom. The minimum atomic E-state index is 0.413. The Balaban J connectivity index is 1.77. The van der Waals surface area contributed by atoms with Gasteiger partial charge in [0, 0.05) is 17.5 Å². The van der Waals surface area contributed by atoms with E-state index in [-0.39, 0.29) is 0 Å². The molecule has 2 aromatic heterocycles. The monoisotopic (exact) mass is 302 g/mol. The number of thiophene rings is 1. The topological polar surface area (TPSA) is 55.0 Å². The summed E-state index contributed by atoms with van der Waals surface area (Å²) in [6.07, 6.45) is 8.14. The van der Waals surface area contributed by atoms with Crippen molar-refractivity contribution in [2.24, 2.45) is 5.92 Å². The van der Waals surface area contributed by atoms with Gasteiger partial charge in [0.25, 0.3) is 0 Å². The third-order valence-corrected chi connectivity index (χ3v) is 5.97. The van der Waals surface area contributed by atoms with Crippen molar-refractivity contribution in [1.82, 2.24) is 9.97 Å². The molecule has 1 unspecified atom stereocenters. The summed E-state index contributed by atoms with van der Waals surface area (Å²) >= 11 is 1.71. The SMILES string of the molecule is Cc1cc2c(N3CCCC3C3CCCC3)nc(N)nc2s1. The average molecular weight is 302 g/mol. The van der Waals surface area contributed by atoms with E-state index in [4.69, 9.17) is 5.73 Å². The lowest BCUT2D eigenvalue weighted by atomic mass is 9.96. The van der Waals surface area contributed by atoms with Gasteiger partial charge in [-0.3, -0.25) is 0 Å². The fourth-order valence-electron chi connectivity index (χ4n) is 4.15. The Labute approximate surface area is 129 Å². The molecule has 0 amide bonds. The number of nitrogens with zero attached hydrogens (tertiary/aromatic N) is 3.